The van der Waals surface area contributed by atoms with E-state index in [-0.39, 0.29) is 5.91 Å². The minimum Gasteiger partial charge on any atom is -0.378 e. The molecule has 0 atom stereocenters. The highest BCUT2D eigenvalue weighted by Gasteiger charge is 2.22. The molecule has 0 saturated heterocycles. The molecule has 1 amide bonds. The summed E-state index contributed by atoms with van der Waals surface area (Å²) in [6.07, 6.45) is 4.49. The van der Waals surface area contributed by atoms with Gasteiger partial charge in [-0.25, -0.2) is 0 Å². The van der Waals surface area contributed by atoms with Gasteiger partial charge in [0.15, 0.2) is 11.0 Å². The molecule has 0 fully saturated rings. The van der Waals surface area contributed by atoms with Crippen LogP contribution in [0.25, 0.3) is 5.69 Å². The molecule has 2 aromatic heterocycles. The van der Waals surface area contributed by atoms with Crippen molar-refractivity contribution in [2.45, 2.75) is 43.8 Å². The largest absolute Gasteiger partial charge is 0.378 e. The molecule has 0 aliphatic heterocycles. The predicted octanol–water partition coefficient (Wildman–Crippen LogP) is 5.81. The van der Waals surface area contributed by atoms with Crippen LogP contribution in [-0.2, 0) is 24.2 Å². The van der Waals surface area contributed by atoms with Gasteiger partial charge in [0, 0.05) is 28.4 Å². The van der Waals surface area contributed by atoms with Gasteiger partial charge in [-0.1, -0.05) is 48.2 Å². The molecule has 0 bridgehead atoms. The van der Waals surface area contributed by atoms with Crippen LogP contribution in [0.4, 0.5) is 10.7 Å². The maximum atomic E-state index is 12.7. The molecular formula is C27H26N6OS2. The summed E-state index contributed by atoms with van der Waals surface area (Å²) in [7, 11) is 0. The zero-order valence-electron chi connectivity index (χ0n) is 19.7. The van der Waals surface area contributed by atoms with Crippen molar-refractivity contribution in [3.63, 3.8) is 0 Å². The van der Waals surface area contributed by atoms with Crippen molar-refractivity contribution in [1.82, 2.24) is 14.8 Å². The Hall–Kier alpha value is -3.61. The summed E-state index contributed by atoms with van der Waals surface area (Å²) >= 11 is 3.06. The molecular weight excluding hydrogens is 488 g/mol. The quantitative estimate of drug-likeness (QED) is 0.274. The lowest BCUT2D eigenvalue weighted by atomic mass is 9.96. The second kappa shape index (κ2) is 11.4. The van der Waals surface area contributed by atoms with Gasteiger partial charge in [-0.15, -0.1) is 21.5 Å². The molecule has 7 nitrogen and oxygen atoms in total. The van der Waals surface area contributed by atoms with Gasteiger partial charge >= 0.3 is 0 Å². The van der Waals surface area contributed by atoms with Crippen LogP contribution in [0, 0.1) is 11.3 Å². The van der Waals surface area contributed by atoms with Crippen molar-refractivity contribution in [2.75, 3.05) is 16.4 Å². The predicted molar refractivity (Wildman–Crippen MR) is 145 cm³/mol. The smallest absolute Gasteiger partial charge is 0.225 e. The first-order valence-corrected chi connectivity index (χ1v) is 13.8. The number of para-hydroxylation sites is 2. The SMILES string of the molecule is N#Cc1c(NC(=O)CCSc2nnc(CNc3ccccc3)n2-c2ccccc2)sc2c1CCCC2. The third-order valence-corrected chi connectivity index (χ3v) is 8.17. The summed E-state index contributed by atoms with van der Waals surface area (Å²) < 4.78 is 2.03. The van der Waals surface area contributed by atoms with Gasteiger partial charge in [0.2, 0.25) is 5.91 Å². The summed E-state index contributed by atoms with van der Waals surface area (Å²) in [5.41, 5.74) is 3.77. The standard InChI is InChI=1S/C27H26N6OS2/c28-17-22-21-13-7-8-14-23(21)36-26(22)30-25(34)15-16-35-27-32-31-24(18-29-19-9-3-1-4-10-19)33(27)20-11-5-2-6-12-20/h1-6,9-12,29H,7-8,13-16,18H2,(H,30,34). The Bertz CT molecular complexity index is 1370. The van der Waals surface area contributed by atoms with E-state index in [0.717, 1.165) is 53.6 Å². The molecule has 0 saturated carbocycles. The molecule has 1 aliphatic carbocycles. The highest BCUT2D eigenvalue weighted by atomic mass is 32.2. The van der Waals surface area contributed by atoms with E-state index in [0.29, 0.717) is 29.3 Å². The molecule has 0 radical (unpaired) electrons. The zero-order chi connectivity index (χ0) is 24.7. The van der Waals surface area contributed by atoms with Gasteiger partial charge in [-0.3, -0.25) is 9.36 Å². The highest BCUT2D eigenvalue weighted by molar-refractivity contribution is 7.99. The van der Waals surface area contributed by atoms with Gasteiger partial charge in [0.05, 0.1) is 12.1 Å². The molecule has 9 heteroatoms. The maximum Gasteiger partial charge on any atom is 0.225 e. The van der Waals surface area contributed by atoms with E-state index in [1.807, 2.05) is 65.2 Å². The number of benzene rings is 2. The number of thiophene rings is 1. The number of carbonyl (C=O) groups excluding carboxylic acids is 1. The number of rotatable bonds is 9. The topological polar surface area (TPSA) is 95.6 Å². The third kappa shape index (κ3) is 5.45. The van der Waals surface area contributed by atoms with Crippen molar-refractivity contribution in [1.29, 1.82) is 5.26 Å². The monoisotopic (exact) mass is 514 g/mol. The van der Waals surface area contributed by atoms with Crippen molar-refractivity contribution < 1.29 is 4.79 Å². The minimum absolute atomic E-state index is 0.0886. The zero-order valence-corrected chi connectivity index (χ0v) is 21.4. The number of aryl methyl sites for hydroxylation is 1. The Morgan fingerprint density at radius 3 is 2.58 bits per heavy atom. The van der Waals surface area contributed by atoms with Crippen molar-refractivity contribution >= 4 is 39.7 Å². The molecule has 0 unspecified atom stereocenters. The van der Waals surface area contributed by atoms with Crippen LogP contribution < -0.4 is 10.6 Å². The number of thioether (sulfide) groups is 1. The van der Waals surface area contributed by atoms with E-state index >= 15 is 0 Å². The first-order chi connectivity index (χ1) is 17.7. The lowest BCUT2D eigenvalue weighted by Gasteiger charge is -2.11. The van der Waals surface area contributed by atoms with Crippen LogP contribution in [0.15, 0.2) is 65.8 Å². The van der Waals surface area contributed by atoms with Crippen LogP contribution in [0.3, 0.4) is 0 Å². The number of nitrogens with one attached hydrogen (secondary N) is 2. The molecule has 2 aromatic carbocycles. The maximum absolute atomic E-state index is 12.7. The molecule has 182 valence electrons. The Labute approximate surface area is 218 Å². The Balaban J connectivity index is 1.25. The fraction of sp³-hybridized carbons (Fsp3) is 0.259. The van der Waals surface area contributed by atoms with Crippen molar-refractivity contribution in [2.24, 2.45) is 0 Å². The average molecular weight is 515 g/mol. The van der Waals surface area contributed by atoms with Gasteiger partial charge < -0.3 is 10.6 Å². The van der Waals surface area contributed by atoms with Crippen LogP contribution >= 0.6 is 23.1 Å². The first kappa shape index (κ1) is 24.1. The average Bonchev–Trinajstić information content (AvgIpc) is 3.48. The summed E-state index contributed by atoms with van der Waals surface area (Å²) in [5.74, 6) is 1.25. The molecule has 36 heavy (non-hydrogen) atoms. The minimum atomic E-state index is -0.0886. The van der Waals surface area contributed by atoms with Gasteiger partial charge in [0.25, 0.3) is 0 Å². The fourth-order valence-corrected chi connectivity index (χ4v) is 6.44. The summed E-state index contributed by atoms with van der Waals surface area (Å²) in [6.45, 7) is 0.521. The number of hydrogen-bond donors (Lipinski definition) is 2. The van der Waals surface area contributed by atoms with E-state index in [1.54, 1.807) is 11.3 Å². The van der Waals surface area contributed by atoms with Crippen LogP contribution in [0.1, 0.15) is 41.1 Å². The Kier molecular flexibility index (Phi) is 7.64. The van der Waals surface area contributed by atoms with Crippen LogP contribution in [-0.4, -0.2) is 26.4 Å². The van der Waals surface area contributed by atoms with Gasteiger partial charge in [0.1, 0.15) is 11.1 Å². The Morgan fingerprint density at radius 2 is 1.81 bits per heavy atom. The molecule has 2 N–H and O–H groups in total. The number of anilines is 2. The van der Waals surface area contributed by atoms with Crippen molar-refractivity contribution in [3.05, 3.63) is 82.5 Å². The molecule has 1 aliphatic rings. The van der Waals surface area contributed by atoms with E-state index in [9.17, 15) is 10.1 Å². The van der Waals surface area contributed by atoms with E-state index in [1.165, 1.54) is 16.6 Å². The van der Waals surface area contributed by atoms with E-state index < -0.39 is 0 Å². The van der Waals surface area contributed by atoms with Crippen molar-refractivity contribution in [3.8, 4) is 11.8 Å². The highest BCUT2D eigenvalue weighted by Crippen LogP contribution is 2.37. The molecule has 5 rings (SSSR count). The second-order valence-corrected chi connectivity index (χ2v) is 10.6. The number of hydrogen-bond acceptors (Lipinski definition) is 7. The first-order valence-electron chi connectivity index (χ1n) is 12.0. The number of fused-ring (bicyclic) bond motifs is 1. The number of nitriles is 1. The lowest BCUT2D eigenvalue weighted by molar-refractivity contribution is -0.115. The van der Waals surface area contributed by atoms with E-state index in [2.05, 4.69) is 26.9 Å². The molecule has 2 heterocycles. The third-order valence-electron chi connectivity index (χ3n) is 6.04. The Morgan fingerprint density at radius 1 is 1.06 bits per heavy atom. The van der Waals surface area contributed by atoms with E-state index in [4.69, 9.17) is 0 Å². The van der Waals surface area contributed by atoms with Crippen LogP contribution in [0.2, 0.25) is 0 Å². The fourth-order valence-electron chi connectivity index (χ4n) is 4.28. The summed E-state index contributed by atoms with van der Waals surface area (Å²) in [4.78, 5) is 14.0. The molecule has 4 aromatic rings. The summed E-state index contributed by atoms with van der Waals surface area (Å²) in [5, 5.41) is 26.3. The van der Waals surface area contributed by atoms with Gasteiger partial charge in [-0.05, 0) is 55.5 Å². The normalized spacial score (nSPS) is 12.5. The number of amides is 1. The summed E-state index contributed by atoms with van der Waals surface area (Å²) in [6, 6.07) is 22.3. The van der Waals surface area contributed by atoms with Gasteiger partial charge in [-0.2, -0.15) is 5.26 Å². The number of aromatic nitrogens is 3. The van der Waals surface area contributed by atoms with Crippen LogP contribution in [0.5, 0.6) is 0 Å². The number of carbonyl (C=O) groups is 1. The number of nitrogens with zero attached hydrogens (tertiary/aromatic N) is 4. The second-order valence-electron chi connectivity index (χ2n) is 8.46. The molecule has 0 spiro atoms. The lowest BCUT2D eigenvalue weighted by Crippen LogP contribution is -2.12.